The third kappa shape index (κ3) is 7.54. The summed E-state index contributed by atoms with van der Waals surface area (Å²) in [6.45, 7) is 0. The van der Waals surface area contributed by atoms with E-state index in [-0.39, 0.29) is 0 Å². The van der Waals surface area contributed by atoms with Gasteiger partial charge in [-0.2, -0.15) is 0 Å². The third-order valence-corrected chi connectivity index (χ3v) is 12.3. The molecule has 0 saturated carbocycles. The normalized spacial score (nSPS) is 11.1. The van der Waals surface area contributed by atoms with E-state index in [9.17, 15) is 0 Å². The molecule has 0 aliphatic heterocycles. The molecule has 0 unspecified atom stereocenters. The smallest absolute Gasteiger partial charge is 0.0283 e. The van der Waals surface area contributed by atoms with Crippen LogP contribution in [0.5, 0.6) is 0 Å². The van der Waals surface area contributed by atoms with Crippen LogP contribution in [-0.4, -0.2) is 0 Å². The number of alkyl halides is 2. The van der Waals surface area contributed by atoms with Crippen LogP contribution in [-0.2, 0) is 10.7 Å². The predicted molar refractivity (Wildman–Crippen MR) is 255 cm³/mol. The Kier molecular flexibility index (Phi) is 11.1. The van der Waals surface area contributed by atoms with Gasteiger partial charge in [0.15, 0.2) is 0 Å². The van der Waals surface area contributed by atoms with Crippen LogP contribution in [0.2, 0.25) is 0 Å². The quantitative estimate of drug-likeness (QED) is 0.120. The van der Waals surface area contributed by atoms with Gasteiger partial charge in [-0.05, 0) is 100 Å². The Labute approximate surface area is 358 Å². The molecule has 0 radical (unpaired) electrons. The average Bonchev–Trinajstić information content (AvgIpc) is 3.32. The van der Waals surface area contributed by atoms with Gasteiger partial charge >= 0.3 is 0 Å². The Morgan fingerprint density at radius 1 is 0.190 bits per heavy atom. The molecule has 0 bridgehead atoms. The minimum atomic E-state index is 0.841. The summed E-state index contributed by atoms with van der Waals surface area (Å²) in [5.74, 6) is 0. The van der Waals surface area contributed by atoms with E-state index >= 15 is 0 Å². The highest BCUT2D eigenvalue weighted by atomic mass is 79.9. The minimum Gasteiger partial charge on any atom is -0.0876 e. The largest absolute Gasteiger partial charge is 0.0876 e. The van der Waals surface area contributed by atoms with E-state index in [1.165, 1.54) is 89.0 Å². The third-order valence-electron chi connectivity index (χ3n) is 11.0. The van der Waals surface area contributed by atoms with Crippen LogP contribution in [0.3, 0.4) is 0 Å². The average molecular weight is 873 g/mol. The first kappa shape index (κ1) is 37.5. The van der Waals surface area contributed by atoms with Crippen molar-refractivity contribution in [3.63, 3.8) is 0 Å². The number of halogens is 2. The monoisotopic (exact) mass is 870 g/mol. The summed E-state index contributed by atoms with van der Waals surface area (Å²) >= 11 is 7.22. The van der Waals surface area contributed by atoms with Crippen LogP contribution in [0.15, 0.2) is 218 Å². The van der Waals surface area contributed by atoms with Crippen molar-refractivity contribution >= 4 is 31.9 Å². The maximum atomic E-state index is 3.61. The van der Waals surface area contributed by atoms with Crippen molar-refractivity contribution in [2.75, 3.05) is 0 Å². The van der Waals surface area contributed by atoms with E-state index in [0.29, 0.717) is 0 Å². The summed E-state index contributed by atoms with van der Waals surface area (Å²) in [7, 11) is 0. The van der Waals surface area contributed by atoms with E-state index in [4.69, 9.17) is 0 Å². The van der Waals surface area contributed by atoms with Crippen molar-refractivity contribution in [2.45, 2.75) is 10.7 Å². The Bertz CT molecular complexity index is 2560. The van der Waals surface area contributed by atoms with Gasteiger partial charge in [-0.25, -0.2) is 0 Å². The van der Waals surface area contributed by atoms with Gasteiger partial charge in [-0.3, -0.25) is 0 Å². The number of hydrogen-bond donors (Lipinski definition) is 0. The fraction of sp³-hybridized carbons (Fsp3) is 0.0357. The Morgan fingerprint density at radius 3 is 0.569 bits per heavy atom. The maximum absolute atomic E-state index is 3.61. The second kappa shape index (κ2) is 17.2. The molecule has 0 fully saturated rings. The standard InChI is InChI=1S/C56H40Br2/c57-37-39-21-25-41(26-22-39)43-29-33-49(34-30-43)55-53(47-17-9-3-10-18-47)51(45-13-5-1-6-14-45)52(46-15-7-2-8-16-46)54(48-19-11-4-12-20-48)56(55)50-35-31-44(32-36-50)42-27-23-40(38-58)24-28-42/h1-36H,37-38H2. The number of benzene rings is 9. The molecule has 0 aromatic heterocycles. The summed E-state index contributed by atoms with van der Waals surface area (Å²) in [6, 6.07) is 80.0. The van der Waals surface area contributed by atoms with Crippen LogP contribution >= 0.6 is 31.9 Å². The lowest BCUT2D eigenvalue weighted by atomic mass is 9.74. The van der Waals surface area contributed by atoms with Gasteiger partial charge in [-0.1, -0.05) is 250 Å². The summed E-state index contributed by atoms with van der Waals surface area (Å²) in [6.07, 6.45) is 0. The molecule has 0 atom stereocenters. The molecule has 0 amide bonds. The van der Waals surface area contributed by atoms with Gasteiger partial charge in [-0.15, -0.1) is 0 Å². The summed E-state index contributed by atoms with van der Waals surface area (Å²) < 4.78 is 0. The van der Waals surface area contributed by atoms with Crippen LogP contribution in [0.1, 0.15) is 11.1 Å². The number of rotatable bonds is 10. The molecule has 0 heterocycles. The Hall–Kier alpha value is -6.06. The SMILES string of the molecule is BrCc1ccc(-c2ccc(-c3c(-c4ccccc4)c(-c4ccccc4)c(-c4ccccc4)c(-c4ccccc4)c3-c3ccc(-c4ccc(CBr)cc4)cc3)cc2)cc1. The molecule has 0 spiro atoms. The first-order valence-electron chi connectivity index (χ1n) is 19.7. The van der Waals surface area contributed by atoms with Crippen molar-refractivity contribution in [3.8, 4) is 89.0 Å². The molecular weight excluding hydrogens is 832 g/mol. The zero-order valence-electron chi connectivity index (χ0n) is 32.0. The van der Waals surface area contributed by atoms with Gasteiger partial charge in [0.1, 0.15) is 0 Å². The van der Waals surface area contributed by atoms with Crippen LogP contribution in [0, 0.1) is 0 Å². The van der Waals surface area contributed by atoms with Crippen LogP contribution in [0.4, 0.5) is 0 Å². The van der Waals surface area contributed by atoms with E-state index in [0.717, 1.165) is 21.8 Å². The fourth-order valence-electron chi connectivity index (χ4n) is 8.13. The summed E-state index contributed by atoms with van der Waals surface area (Å²) in [4.78, 5) is 0. The summed E-state index contributed by atoms with van der Waals surface area (Å²) in [5, 5.41) is 1.68. The van der Waals surface area contributed by atoms with Crippen molar-refractivity contribution in [3.05, 3.63) is 230 Å². The fourth-order valence-corrected chi connectivity index (χ4v) is 8.88. The maximum Gasteiger partial charge on any atom is 0.0283 e. The Morgan fingerprint density at radius 2 is 0.362 bits per heavy atom. The molecule has 9 aromatic carbocycles. The van der Waals surface area contributed by atoms with Gasteiger partial charge in [0.2, 0.25) is 0 Å². The van der Waals surface area contributed by atoms with Gasteiger partial charge in [0.25, 0.3) is 0 Å². The van der Waals surface area contributed by atoms with E-state index in [2.05, 4.69) is 250 Å². The second-order valence-corrected chi connectivity index (χ2v) is 15.7. The zero-order chi connectivity index (χ0) is 39.3. The molecular formula is C56H40Br2. The molecule has 58 heavy (non-hydrogen) atoms. The van der Waals surface area contributed by atoms with E-state index in [1.54, 1.807) is 0 Å². The van der Waals surface area contributed by atoms with Crippen molar-refractivity contribution in [1.82, 2.24) is 0 Å². The first-order chi connectivity index (χ1) is 28.7. The van der Waals surface area contributed by atoms with Gasteiger partial charge < -0.3 is 0 Å². The van der Waals surface area contributed by atoms with Gasteiger partial charge in [0, 0.05) is 10.7 Å². The van der Waals surface area contributed by atoms with Crippen LogP contribution < -0.4 is 0 Å². The van der Waals surface area contributed by atoms with Gasteiger partial charge in [0.05, 0.1) is 0 Å². The lowest BCUT2D eigenvalue weighted by molar-refractivity contribution is 1.43. The van der Waals surface area contributed by atoms with E-state index in [1.807, 2.05) is 0 Å². The second-order valence-electron chi connectivity index (χ2n) is 14.5. The topological polar surface area (TPSA) is 0 Å². The molecule has 9 aromatic rings. The zero-order valence-corrected chi connectivity index (χ0v) is 35.1. The lowest BCUT2D eigenvalue weighted by Crippen LogP contribution is -2.02. The van der Waals surface area contributed by atoms with Crippen molar-refractivity contribution in [1.29, 1.82) is 0 Å². The highest BCUT2D eigenvalue weighted by Gasteiger charge is 2.29. The molecule has 278 valence electrons. The number of hydrogen-bond acceptors (Lipinski definition) is 0. The van der Waals surface area contributed by atoms with Crippen molar-refractivity contribution < 1.29 is 0 Å². The highest BCUT2D eigenvalue weighted by molar-refractivity contribution is 9.08. The first-order valence-corrected chi connectivity index (χ1v) is 21.9. The summed E-state index contributed by atoms with van der Waals surface area (Å²) in [5.41, 5.74) is 21.6. The molecule has 0 aliphatic rings. The molecule has 0 aliphatic carbocycles. The molecule has 2 heteroatoms. The lowest BCUT2D eigenvalue weighted by Gasteiger charge is -2.29. The molecule has 0 N–H and O–H groups in total. The van der Waals surface area contributed by atoms with Crippen LogP contribution in [0.25, 0.3) is 89.0 Å². The predicted octanol–water partition coefficient (Wildman–Crippen LogP) is 16.8. The molecule has 9 rings (SSSR count). The molecule has 0 saturated heterocycles. The highest BCUT2D eigenvalue weighted by Crippen LogP contribution is 2.56. The Balaban J connectivity index is 1.42. The van der Waals surface area contributed by atoms with E-state index < -0.39 is 0 Å². The minimum absolute atomic E-state index is 0.841. The molecule has 0 nitrogen and oxygen atoms in total. The van der Waals surface area contributed by atoms with Crippen molar-refractivity contribution in [2.24, 2.45) is 0 Å².